The lowest BCUT2D eigenvalue weighted by Gasteiger charge is -2.48. The molecule has 1 fully saturated rings. The standard InChI is InChI=1S/C18H32O4Si/c1-12-13(10-19)15-14(21-11-20-6)9-18(5,16(12)15)22-23(7,8)17(2,3)4/h10,14-16H,9,11H2,1-8H3/t14-,15-,16-,18-/m0/s1. The Morgan fingerprint density at radius 3 is 2.43 bits per heavy atom. The van der Waals surface area contributed by atoms with Crippen molar-refractivity contribution < 1.29 is 18.7 Å². The Bertz CT molecular complexity index is 506. The van der Waals surface area contributed by atoms with Crippen LogP contribution in [0, 0.1) is 11.8 Å². The van der Waals surface area contributed by atoms with Crippen LogP contribution in [0.2, 0.25) is 18.1 Å². The van der Waals surface area contributed by atoms with Gasteiger partial charge < -0.3 is 13.9 Å². The van der Waals surface area contributed by atoms with Crippen molar-refractivity contribution in [1.82, 2.24) is 0 Å². The first kappa shape index (κ1) is 18.8. The third-order valence-corrected chi connectivity index (χ3v) is 10.7. The van der Waals surface area contributed by atoms with Gasteiger partial charge in [-0.05, 0) is 37.6 Å². The molecule has 2 aliphatic rings. The summed E-state index contributed by atoms with van der Waals surface area (Å²) in [5, 5.41) is 0.159. The van der Waals surface area contributed by atoms with Gasteiger partial charge in [-0.2, -0.15) is 0 Å². The summed E-state index contributed by atoms with van der Waals surface area (Å²) >= 11 is 0. The van der Waals surface area contributed by atoms with Crippen LogP contribution < -0.4 is 0 Å². The molecule has 0 radical (unpaired) electrons. The fourth-order valence-corrected chi connectivity index (χ4v) is 5.71. The highest BCUT2D eigenvalue weighted by atomic mass is 28.4. The highest BCUT2D eigenvalue weighted by Gasteiger charge is 2.61. The minimum absolute atomic E-state index is 0.00128. The third-order valence-electron chi connectivity index (χ3n) is 6.13. The molecule has 23 heavy (non-hydrogen) atoms. The molecule has 0 aromatic heterocycles. The summed E-state index contributed by atoms with van der Waals surface area (Å²) in [6, 6.07) is 0. The lowest BCUT2D eigenvalue weighted by Crippen LogP contribution is -2.52. The molecule has 2 rings (SSSR count). The molecular formula is C18H32O4Si. The number of hydrogen-bond donors (Lipinski definition) is 0. The molecule has 132 valence electrons. The largest absolute Gasteiger partial charge is 0.411 e. The smallest absolute Gasteiger partial charge is 0.192 e. The van der Waals surface area contributed by atoms with E-state index in [1.165, 1.54) is 5.57 Å². The van der Waals surface area contributed by atoms with Crippen LogP contribution in [0.25, 0.3) is 0 Å². The van der Waals surface area contributed by atoms with Crippen LogP contribution in [0.3, 0.4) is 0 Å². The predicted molar refractivity (Wildman–Crippen MR) is 93.8 cm³/mol. The van der Waals surface area contributed by atoms with Crippen LogP contribution >= 0.6 is 0 Å². The number of carbonyl (C=O) groups is 1. The summed E-state index contributed by atoms with van der Waals surface area (Å²) in [6.07, 6.45) is 1.81. The molecule has 0 aromatic carbocycles. The van der Waals surface area contributed by atoms with Crippen molar-refractivity contribution in [2.24, 2.45) is 11.8 Å². The summed E-state index contributed by atoms with van der Waals surface area (Å²) in [5.41, 5.74) is 1.82. The van der Waals surface area contributed by atoms with Gasteiger partial charge in [0.1, 0.15) is 13.1 Å². The molecule has 1 saturated carbocycles. The van der Waals surface area contributed by atoms with Gasteiger partial charge in [0.15, 0.2) is 8.32 Å². The molecule has 2 aliphatic carbocycles. The van der Waals surface area contributed by atoms with Crippen LogP contribution in [0.4, 0.5) is 0 Å². The van der Waals surface area contributed by atoms with Gasteiger partial charge in [-0.15, -0.1) is 0 Å². The topological polar surface area (TPSA) is 44.8 Å². The maximum Gasteiger partial charge on any atom is 0.192 e. The maximum atomic E-state index is 11.4. The number of hydrogen-bond acceptors (Lipinski definition) is 4. The second kappa shape index (κ2) is 6.10. The van der Waals surface area contributed by atoms with E-state index in [2.05, 4.69) is 47.7 Å². The molecule has 0 bridgehead atoms. The third kappa shape index (κ3) is 3.08. The van der Waals surface area contributed by atoms with Gasteiger partial charge in [0.05, 0.1) is 11.7 Å². The highest BCUT2D eigenvalue weighted by molar-refractivity contribution is 6.74. The lowest BCUT2D eigenvalue weighted by molar-refractivity contribution is -0.109. The molecule has 5 heteroatoms. The van der Waals surface area contributed by atoms with Gasteiger partial charge in [0, 0.05) is 25.4 Å². The van der Waals surface area contributed by atoms with E-state index in [0.29, 0.717) is 0 Å². The number of rotatable bonds is 6. The second-order valence-corrected chi connectivity index (χ2v) is 13.5. The number of methoxy groups -OCH3 is 1. The van der Waals surface area contributed by atoms with Crippen molar-refractivity contribution >= 4 is 14.6 Å². The fourth-order valence-electron chi connectivity index (χ4n) is 4.03. The molecule has 0 heterocycles. The van der Waals surface area contributed by atoms with Gasteiger partial charge in [0.2, 0.25) is 0 Å². The van der Waals surface area contributed by atoms with Crippen molar-refractivity contribution in [2.75, 3.05) is 13.9 Å². The summed E-state index contributed by atoms with van der Waals surface area (Å²) in [7, 11) is -0.275. The zero-order chi connectivity index (χ0) is 17.6. The van der Waals surface area contributed by atoms with E-state index >= 15 is 0 Å². The van der Waals surface area contributed by atoms with Gasteiger partial charge >= 0.3 is 0 Å². The Morgan fingerprint density at radius 1 is 1.35 bits per heavy atom. The van der Waals surface area contributed by atoms with E-state index in [9.17, 15) is 4.79 Å². The molecular weight excluding hydrogens is 308 g/mol. The minimum atomic E-state index is -1.90. The van der Waals surface area contributed by atoms with Crippen LogP contribution in [0.5, 0.6) is 0 Å². The van der Waals surface area contributed by atoms with Gasteiger partial charge in [-0.25, -0.2) is 0 Å². The van der Waals surface area contributed by atoms with Crippen LogP contribution in [-0.4, -0.2) is 40.2 Å². The van der Waals surface area contributed by atoms with Crippen molar-refractivity contribution in [3.8, 4) is 0 Å². The number of ether oxygens (including phenoxy) is 2. The Hall–Kier alpha value is -0.493. The first-order valence-electron chi connectivity index (χ1n) is 8.45. The SMILES string of the molecule is COCO[C@H]1C[C@](C)(O[Si](C)(C)C(C)(C)C)[C@H]2C(C)=C(C=O)[C@@H]12. The normalized spacial score (nSPS) is 34.3. The summed E-state index contributed by atoms with van der Waals surface area (Å²) in [4.78, 5) is 11.4. The van der Waals surface area contributed by atoms with Gasteiger partial charge in [-0.3, -0.25) is 4.79 Å². The molecule has 4 nitrogen and oxygen atoms in total. The van der Waals surface area contributed by atoms with E-state index < -0.39 is 8.32 Å². The van der Waals surface area contributed by atoms with E-state index in [-0.39, 0.29) is 35.4 Å². The van der Waals surface area contributed by atoms with Crippen molar-refractivity contribution in [3.63, 3.8) is 0 Å². The molecule has 0 aliphatic heterocycles. The van der Waals surface area contributed by atoms with Crippen LogP contribution in [-0.2, 0) is 18.7 Å². The number of fused-ring (bicyclic) bond motifs is 1. The molecule has 4 atom stereocenters. The molecule has 0 N–H and O–H groups in total. The molecule has 0 aromatic rings. The maximum absolute atomic E-state index is 11.4. The Balaban J connectivity index is 2.29. The van der Waals surface area contributed by atoms with E-state index in [1.54, 1.807) is 7.11 Å². The average Bonchev–Trinajstić information content (AvgIpc) is 2.63. The van der Waals surface area contributed by atoms with Gasteiger partial charge in [-0.1, -0.05) is 26.3 Å². The minimum Gasteiger partial charge on any atom is -0.411 e. The van der Waals surface area contributed by atoms with E-state index in [0.717, 1.165) is 18.3 Å². The monoisotopic (exact) mass is 340 g/mol. The predicted octanol–water partition coefficient (Wildman–Crippen LogP) is 3.92. The Labute approximate surface area is 141 Å². The fraction of sp³-hybridized carbons (Fsp3) is 0.833. The summed E-state index contributed by atoms with van der Waals surface area (Å²) in [5.74, 6) is 0.427. The van der Waals surface area contributed by atoms with Gasteiger partial charge in [0.25, 0.3) is 0 Å². The highest BCUT2D eigenvalue weighted by Crippen LogP contribution is 2.59. The summed E-state index contributed by atoms with van der Waals surface area (Å²) in [6.45, 7) is 15.9. The lowest BCUT2D eigenvalue weighted by atomic mass is 9.66. The Kier molecular flexibility index (Phi) is 5.00. The first-order valence-corrected chi connectivity index (χ1v) is 11.4. The molecule has 0 spiro atoms. The van der Waals surface area contributed by atoms with Crippen molar-refractivity contribution in [2.45, 2.75) is 70.9 Å². The molecule has 0 amide bonds. The van der Waals surface area contributed by atoms with Crippen LogP contribution in [0.15, 0.2) is 11.1 Å². The van der Waals surface area contributed by atoms with E-state index in [4.69, 9.17) is 13.9 Å². The average molecular weight is 341 g/mol. The number of carbonyl (C=O) groups excluding carboxylic acids is 1. The zero-order valence-corrected chi connectivity index (χ0v) is 16.9. The van der Waals surface area contributed by atoms with Crippen molar-refractivity contribution in [1.29, 1.82) is 0 Å². The summed E-state index contributed by atoms with van der Waals surface area (Å²) < 4.78 is 17.8. The molecule has 0 saturated heterocycles. The number of aldehydes is 1. The zero-order valence-electron chi connectivity index (χ0n) is 15.9. The molecule has 0 unspecified atom stereocenters. The second-order valence-electron chi connectivity index (χ2n) is 8.75. The quantitative estimate of drug-likeness (QED) is 0.418. The van der Waals surface area contributed by atoms with Crippen molar-refractivity contribution in [3.05, 3.63) is 11.1 Å². The first-order chi connectivity index (χ1) is 10.5. The van der Waals surface area contributed by atoms with Crippen LogP contribution in [0.1, 0.15) is 41.0 Å². The Morgan fingerprint density at radius 2 is 1.96 bits per heavy atom. The van der Waals surface area contributed by atoms with E-state index in [1.807, 2.05) is 0 Å².